The minimum atomic E-state index is -4.64. The van der Waals surface area contributed by atoms with Crippen LogP contribution in [0.25, 0.3) is 0 Å². The molecule has 48 valence electrons. The molecule has 0 amide bonds. The summed E-state index contributed by atoms with van der Waals surface area (Å²) in [5.74, 6) is 0. The Morgan fingerprint density at radius 3 is 0.889 bits per heavy atom. The van der Waals surface area contributed by atoms with Crippen molar-refractivity contribution in [2.75, 3.05) is 0 Å². The van der Waals surface area contributed by atoms with Gasteiger partial charge in [0.2, 0.25) is 0 Å². The van der Waals surface area contributed by atoms with Crippen molar-refractivity contribution in [2.45, 2.75) is 0 Å². The van der Waals surface area contributed by atoms with E-state index in [0.717, 1.165) is 0 Å². The number of rotatable bonds is 0. The summed E-state index contributed by atoms with van der Waals surface area (Å²) < 4.78 is 8.88. The summed E-state index contributed by atoms with van der Waals surface area (Å²) in [5, 5.41) is 0. The Morgan fingerprint density at radius 2 is 0.889 bits per heavy atom. The van der Waals surface area contributed by atoms with Gasteiger partial charge >= 0.3 is 129 Å². The van der Waals surface area contributed by atoms with Gasteiger partial charge in [0.1, 0.15) is 0 Å². The average Bonchev–Trinajstić information content (AvgIpc) is 0.722. The van der Waals surface area contributed by atoms with Gasteiger partial charge < -0.3 is 14.7 Å². The van der Waals surface area contributed by atoms with E-state index in [1.54, 1.807) is 0 Å². The molecule has 0 aliphatic carbocycles. The molecule has 0 bridgehead atoms. The first-order chi connectivity index (χ1) is 2.00. The molecule has 0 aromatic rings. The van der Waals surface area contributed by atoms with E-state index in [9.17, 15) is 0 Å². The molecule has 0 fully saturated rings. The fourth-order valence-electron chi connectivity index (χ4n) is 0. The SMILES string of the molecule is O=P(O)(O)O.[CaH2].[CaH2].[MgH2].[MgH2]. The van der Waals surface area contributed by atoms with E-state index in [-0.39, 0.29) is 122 Å². The topological polar surface area (TPSA) is 77.8 Å². The van der Waals surface area contributed by atoms with Crippen LogP contribution in [0.3, 0.4) is 0 Å². The second kappa shape index (κ2) is 14.7. The van der Waals surface area contributed by atoms with Gasteiger partial charge in [0.25, 0.3) is 0 Å². The van der Waals surface area contributed by atoms with Crippen molar-refractivity contribution in [3.63, 3.8) is 0 Å². The van der Waals surface area contributed by atoms with Gasteiger partial charge in [-0.25, -0.2) is 4.57 Å². The molecule has 0 atom stereocenters. The predicted octanol–water partition coefficient (Wildman–Crippen LogP) is -4.59. The molecule has 0 unspecified atom stereocenters. The zero-order valence-electron chi connectivity index (χ0n) is 2.20. The van der Waals surface area contributed by atoms with Gasteiger partial charge in [-0.15, -0.1) is 0 Å². The van der Waals surface area contributed by atoms with Crippen molar-refractivity contribution in [3.05, 3.63) is 0 Å². The van der Waals surface area contributed by atoms with Gasteiger partial charge in [0.15, 0.2) is 0 Å². The van der Waals surface area contributed by atoms with Crippen LogP contribution in [0.15, 0.2) is 0 Å². The molecule has 0 aromatic heterocycles. The van der Waals surface area contributed by atoms with Crippen LogP contribution >= 0.6 is 7.82 Å². The summed E-state index contributed by atoms with van der Waals surface area (Å²) in [4.78, 5) is 21.6. The first-order valence-electron chi connectivity index (χ1n) is 0.783. The minimum absolute atomic E-state index is 0. The summed E-state index contributed by atoms with van der Waals surface area (Å²) in [6, 6.07) is 0. The average molecular weight is 235 g/mol. The van der Waals surface area contributed by atoms with E-state index in [2.05, 4.69) is 0 Å². The van der Waals surface area contributed by atoms with Crippen LogP contribution in [-0.4, -0.2) is 136 Å². The maximum Gasteiger partial charge on any atom is 0.316 e. The van der Waals surface area contributed by atoms with Crippen LogP contribution in [0.5, 0.6) is 0 Å². The van der Waals surface area contributed by atoms with Crippen LogP contribution in [-0.2, 0) is 4.57 Å². The predicted molar refractivity (Wildman–Crippen MR) is 48.4 cm³/mol. The molecule has 4 nitrogen and oxygen atoms in total. The third kappa shape index (κ3) is 72.5. The van der Waals surface area contributed by atoms with E-state index in [1.807, 2.05) is 0 Å². The zero-order valence-corrected chi connectivity index (χ0v) is 3.09. The van der Waals surface area contributed by atoms with Gasteiger partial charge in [0.05, 0.1) is 0 Å². The van der Waals surface area contributed by atoms with Crippen molar-refractivity contribution < 1.29 is 19.2 Å². The summed E-state index contributed by atoms with van der Waals surface area (Å²) in [6.45, 7) is 0. The monoisotopic (exact) mass is 234 g/mol. The number of hydrogen-bond donors (Lipinski definition) is 3. The molecular weight excluding hydrogens is 224 g/mol. The Morgan fingerprint density at radius 1 is 0.889 bits per heavy atom. The van der Waals surface area contributed by atoms with Crippen LogP contribution in [0.1, 0.15) is 0 Å². The molecule has 0 saturated heterocycles. The molecule has 9 heteroatoms. The Bertz CT molecular complexity index is 62.7. The molecule has 9 heavy (non-hydrogen) atoms. The maximum atomic E-state index is 8.88. The molecule has 0 spiro atoms. The molecule has 0 heterocycles. The fraction of sp³-hybridized carbons (Fsp3) is 0. The van der Waals surface area contributed by atoms with E-state index in [1.165, 1.54) is 0 Å². The Hall–Kier alpha value is 4.16. The van der Waals surface area contributed by atoms with Gasteiger partial charge in [-0.05, 0) is 0 Å². The van der Waals surface area contributed by atoms with Crippen molar-refractivity contribution in [1.82, 2.24) is 0 Å². The van der Waals surface area contributed by atoms with Gasteiger partial charge in [-0.1, -0.05) is 0 Å². The molecule has 0 aliphatic rings. The largest absolute Gasteiger partial charge is 0.316 e. The smallest absolute Gasteiger partial charge is 0.316 e. The summed E-state index contributed by atoms with van der Waals surface area (Å²) in [5.41, 5.74) is 0. The summed E-state index contributed by atoms with van der Waals surface area (Å²) >= 11 is 0. The standard InChI is InChI=1S/2Ca.2Mg.H3O4P.8H/c;;;;1-5(2,3)4;;;;;;;;/h;;;;(H3,1,2,3,4);;;;;;;;. The first-order valence-corrected chi connectivity index (χ1v) is 2.35. The number of hydrogen-bond acceptors (Lipinski definition) is 1. The molecule has 0 rings (SSSR count). The third-order valence-electron chi connectivity index (χ3n) is 0. The van der Waals surface area contributed by atoms with Crippen LogP contribution in [0, 0.1) is 0 Å². The van der Waals surface area contributed by atoms with E-state index >= 15 is 0 Å². The quantitative estimate of drug-likeness (QED) is 0.291. The molecule has 0 radical (unpaired) electrons. The van der Waals surface area contributed by atoms with Crippen LogP contribution < -0.4 is 0 Å². The molecule has 0 aliphatic heterocycles. The van der Waals surface area contributed by atoms with Crippen molar-refractivity contribution >= 4 is 129 Å². The van der Waals surface area contributed by atoms with E-state index < -0.39 is 7.82 Å². The van der Waals surface area contributed by atoms with E-state index in [0.29, 0.717) is 0 Å². The van der Waals surface area contributed by atoms with E-state index in [4.69, 9.17) is 19.2 Å². The Balaban J connectivity index is -0.0000000133. The van der Waals surface area contributed by atoms with Gasteiger partial charge in [0, 0.05) is 0 Å². The Kier molecular flexibility index (Phi) is 47.6. The molecular formula is H11Ca2Mg2O4P. The fourth-order valence-corrected chi connectivity index (χ4v) is 0. The van der Waals surface area contributed by atoms with Crippen LogP contribution in [0.4, 0.5) is 0 Å². The maximum absolute atomic E-state index is 8.88. The normalized spacial score (nSPS) is 6.56. The Labute approximate surface area is 145 Å². The van der Waals surface area contributed by atoms with Crippen molar-refractivity contribution in [3.8, 4) is 0 Å². The summed E-state index contributed by atoms with van der Waals surface area (Å²) in [6.07, 6.45) is 0. The zero-order chi connectivity index (χ0) is 4.50. The number of phosphoric acid groups is 1. The second-order valence-corrected chi connectivity index (χ2v) is 1.54. The van der Waals surface area contributed by atoms with Gasteiger partial charge in [-0.3, -0.25) is 0 Å². The molecule has 0 saturated carbocycles. The molecule has 3 N–H and O–H groups in total. The van der Waals surface area contributed by atoms with Crippen molar-refractivity contribution in [2.24, 2.45) is 0 Å². The summed E-state index contributed by atoms with van der Waals surface area (Å²) in [7, 11) is -4.64. The van der Waals surface area contributed by atoms with Crippen molar-refractivity contribution in [1.29, 1.82) is 0 Å². The first kappa shape index (κ1) is 29.2. The second-order valence-electron chi connectivity index (χ2n) is 0.513. The molecule has 0 aromatic carbocycles. The minimum Gasteiger partial charge on any atom is 0.316 e. The third-order valence-corrected chi connectivity index (χ3v) is 0. The van der Waals surface area contributed by atoms with Crippen LogP contribution in [0.2, 0.25) is 0 Å². The van der Waals surface area contributed by atoms with Gasteiger partial charge in [-0.2, -0.15) is 0 Å².